The Balaban J connectivity index is 1.55. The highest BCUT2D eigenvalue weighted by Gasteiger charge is 2.16. The highest BCUT2D eigenvalue weighted by atomic mass is 32.2. The zero-order valence-corrected chi connectivity index (χ0v) is 16.8. The van der Waals surface area contributed by atoms with E-state index < -0.39 is 16.7 Å². The van der Waals surface area contributed by atoms with Crippen molar-refractivity contribution in [3.63, 3.8) is 0 Å². The number of amides is 2. The molecule has 0 saturated carbocycles. The number of nitrogens with zero attached hydrogens (tertiary/aromatic N) is 4. The van der Waals surface area contributed by atoms with Gasteiger partial charge in [0.25, 0.3) is 11.6 Å². The van der Waals surface area contributed by atoms with E-state index in [0.717, 1.165) is 16.8 Å². The molecule has 2 amide bonds. The maximum Gasteiger partial charge on any atom is 0.270 e. The van der Waals surface area contributed by atoms with Crippen molar-refractivity contribution in [3.8, 4) is 10.7 Å². The summed E-state index contributed by atoms with van der Waals surface area (Å²) in [6.45, 7) is 2.61. The normalized spacial score (nSPS) is 10.5. The molecular weight excluding hydrogens is 416 g/mol. The van der Waals surface area contributed by atoms with Crippen molar-refractivity contribution in [2.75, 3.05) is 5.75 Å². The van der Waals surface area contributed by atoms with Crippen LogP contribution < -0.4 is 10.9 Å². The number of thioether (sulfide) groups is 1. The third-order valence-electron chi connectivity index (χ3n) is 3.74. The number of non-ortho nitro benzene ring substituents is 1. The molecular formula is C17H16N6O4S2. The zero-order valence-electron chi connectivity index (χ0n) is 15.2. The first-order chi connectivity index (χ1) is 14.0. The molecule has 3 aromatic rings. The molecule has 0 aliphatic heterocycles. The van der Waals surface area contributed by atoms with Crippen LogP contribution in [-0.2, 0) is 11.3 Å². The molecule has 2 N–H and O–H groups in total. The fourth-order valence-corrected chi connectivity index (χ4v) is 3.91. The topological polar surface area (TPSA) is 132 Å². The summed E-state index contributed by atoms with van der Waals surface area (Å²) in [6.07, 6.45) is 0. The lowest BCUT2D eigenvalue weighted by Crippen LogP contribution is -2.42. The Kier molecular flexibility index (Phi) is 6.57. The maximum absolute atomic E-state index is 12.1. The van der Waals surface area contributed by atoms with E-state index in [1.165, 1.54) is 30.0 Å². The van der Waals surface area contributed by atoms with Gasteiger partial charge in [-0.1, -0.05) is 23.9 Å². The van der Waals surface area contributed by atoms with Crippen LogP contribution in [0.4, 0.5) is 5.69 Å². The standard InChI is InChI=1S/C17H16N6O4S2/c1-2-22-15(13-7-4-8-28-13)19-21-17(22)29-10-14(24)18-20-16(25)11-5-3-6-12(9-11)23(26)27/h3-9H,2,10H2,1H3,(H,18,24)(H,20,25). The van der Waals surface area contributed by atoms with Gasteiger partial charge in [0.2, 0.25) is 5.91 Å². The van der Waals surface area contributed by atoms with Gasteiger partial charge in [0, 0.05) is 24.2 Å². The number of benzene rings is 1. The number of carbonyl (C=O) groups is 2. The summed E-state index contributed by atoms with van der Waals surface area (Å²) in [5.74, 6) is -0.345. The molecule has 2 heterocycles. The first-order valence-electron chi connectivity index (χ1n) is 8.43. The highest BCUT2D eigenvalue weighted by Crippen LogP contribution is 2.26. The number of aromatic nitrogens is 3. The zero-order chi connectivity index (χ0) is 20.8. The van der Waals surface area contributed by atoms with Crippen molar-refractivity contribution in [1.82, 2.24) is 25.6 Å². The summed E-state index contributed by atoms with van der Waals surface area (Å²) in [5.41, 5.74) is 4.39. The van der Waals surface area contributed by atoms with E-state index >= 15 is 0 Å². The molecule has 0 fully saturated rings. The number of thiophene rings is 1. The molecule has 3 rings (SSSR count). The van der Waals surface area contributed by atoms with Gasteiger partial charge >= 0.3 is 0 Å². The molecule has 150 valence electrons. The largest absolute Gasteiger partial charge is 0.302 e. The molecule has 0 bridgehead atoms. The summed E-state index contributed by atoms with van der Waals surface area (Å²) in [4.78, 5) is 35.3. The van der Waals surface area contributed by atoms with E-state index in [2.05, 4.69) is 21.0 Å². The second kappa shape index (κ2) is 9.30. The van der Waals surface area contributed by atoms with Crippen molar-refractivity contribution in [1.29, 1.82) is 0 Å². The van der Waals surface area contributed by atoms with E-state index in [1.807, 2.05) is 29.0 Å². The molecule has 29 heavy (non-hydrogen) atoms. The third kappa shape index (κ3) is 4.97. The summed E-state index contributed by atoms with van der Waals surface area (Å²) in [7, 11) is 0. The molecule has 0 saturated heterocycles. The Morgan fingerprint density at radius 3 is 2.76 bits per heavy atom. The van der Waals surface area contributed by atoms with Gasteiger partial charge in [-0.2, -0.15) is 0 Å². The fourth-order valence-electron chi connectivity index (χ4n) is 2.39. The van der Waals surface area contributed by atoms with Crippen LogP contribution in [0.1, 0.15) is 17.3 Å². The third-order valence-corrected chi connectivity index (χ3v) is 5.57. The lowest BCUT2D eigenvalue weighted by Gasteiger charge is -2.08. The Morgan fingerprint density at radius 2 is 2.07 bits per heavy atom. The van der Waals surface area contributed by atoms with Crippen LogP contribution in [0.2, 0.25) is 0 Å². The van der Waals surface area contributed by atoms with Crippen LogP contribution in [-0.4, -0.2) is 37.3 Å². The summed E-state index contributed by atoms with van der Waals surface area (Å²) < 4.78 is 1.91. The Hall–Kier alpha value is -3.25. The van der Waals surface area contributed by atoms with Crippen LogP contribution >= 0.6 is 23.1 Å². The minimum Gasteiger partial charge on any atom is -0.302 e. The van der Waals surface area contributed by atoms with Crippen LogP contribution in [0.25, 0.3) is 10.7 Å². The van der Waals surface area contributed by atoms with Crippen molar-refractivity contribution in [3.05, 3.63) is 57.5 Å². The number of hydrazine groups is 1. The molecule has 0 aliphatic carbocycles. The number of nitrogens with one attached hydrogen (secondary N) is 2. The van der Waals surface area contributed by atoms with Gasteiger partial charge in [-0.05, 0) is 24.4 Å². The summed E-state index contributed by atoms with van der Waals surface area (Å²) in [5, 5.41) is 21.7. The van der Waals surface area contributed by atoms with Crippen LogP contribution in [0, 0.1) is 10.1 Å². The molecule has 0 aliphatic rings. The summed E-state index contributed by atoms with van der Waals surface area (Å²) >= 11 is 2.75. The Morgan fingerprint density at radius 1 is 1.24 bits per heavy atom. The van der Waals surface area contributed by atoms with E-state index in [9.17, 15) is 19.7 Å². The minimum atomic E-state index is -0.649. The predicted octanol–water partition coefficient (Wildman–Crippen LogP) is 2.49. The van der Waals surface area contributed by atoms with Gasteiger partial charge in [0.05, 0.1) is 15.6 Å². The lowest BCUT2D eigenvalue weighted by atomic mass is 10.2. The van der Waals surface area contributed by atoms with E-state index in [1.54, 1.807) is 11.3 Å². The minimum absolute atomic E-state index is 0.0117. The monoisotopic (exact) mass is 432 g/mol. The van der Waals surface area contributed by atoms with E-state index in [4.69, 9.17) is 0 Å². The number of hydrogen-bond donors (Lipinski definition) is 2. The number of rotatable bonds is 7. The fraction of sp³-hybridized carbons (Fsp3) is 0.176. The van der Waals surface area contributed by atoms with Gasteiger partial charge in [-0.3, -0.25) is 30.6 Å². The average Bonchev–Trinajstić information content (AvgIpc) is 3.39. The van der Waals surface area contributed by atoms with Gasteiger partial charge in [-0.25, -0.2) is 0 Å². The Bertz CT molecular complexity index is 1030. The van der Waals surface area contributed by atoms with Crippen molar-refractivity contribution < 1.29 is 14.5 Å². The highest BCUT2D eigenvalue weighted by molar-refractivity contribution is 7.99. The number of nitro groups is 1. The lowest BCUT2D eigenvalue weighted by molar-refractivity contribution is -0.384. The molecule has 0 radical (unpaired) electrons. The van der Waals surface area contributed by atoms with Gasteiger partial charge in [0.1, 0.15) is 0 Å². The second-order valence-corrected chi connectivity index (χ2v) is 7.52. The summed E-state index contributed by atoms with van der Waals surface area (Å²) in [6, 6.07) is 9.10. The molecule has 0 spiro atoms. The van der Waals surface area contributed by atoms with Crippen molar-refractivity contribution in [2.24, 2.45) is 0 Å². The van der Waals surface area contributed by atoms with Crippen LogP contribution in [0.3, 0.4) is 0 Å². The average molecular weight is 432 g/mol. The molecule has 10 nitrogen and oxygen atoms in total. The van der Waals surface area contributed by atoms with Gasteiger partial charge in [0.15, 0.2) is 11.0 Å². The molecule has 0 unspecified atom stereocenters. The maximum atomic E-state index is 12.1. The van der Waals surface area contributed by atoms with Crippen molar-refractivity contribution >= 4 is 40.6 Å². The van der Waals surface area contributed by atoms with E-state index in [0.29, 0.717) is 11.7 Å². The van der Waals surface area contributed by atoms with Crippen LogP contribution in [0.15, 0.2) is 46.9 Å². The number of nitro benzene ring substituents is 1. The number of hydrogen-bond acceptors (Lipinski definition) is 8. The molecule has 1 aromatic carbocycles. The second-order valence-electron chi connectivity index (χ2n) is 5.63. The Labute approximate surface area is 173 Å². The van der Waals surface area contributed by atoms with Crippen LogP contribution in [0.5, 0.6) is 0 Å². The van der Waals surface area contributed by atoms with E-state index in [-0.39, 0.29) is 17.0 Å². The van der Waals surface area contributed by atoms with Gasteiger partial charge < -0.3 is 4.57 Å². The first kappa shape index (κ1) is 20.5. The smallest absolute Gasteiger partial charge is 0.270 e. The SMILES string of the molecule is CCn1c(SCC(=O)NNC(=O)c2cccc([N+](=O)[O-])c2)nnc1-c1cccs1. The molecule has 12 heteroatoms. The quantitative estimate of drug-likeness (QED) is 0.333. The predicted molar refractivity (Wildman–Crippen MR) is 108 cm³/mol. The van der Waals surface area contributed by atoms with Crippen molar-refractivity contribution in [2.45, 2.75) is 18.6 Å². The number of carbonyl (C=O) groups excluding carboxylic acids is 2. The first-order valence-corrected chi connectivity index (χ1v) is 10.3. The molecule has 2 aromatic heterocycles. The molecule has 0 atom stereocenters. The van der Waals surface area contributed by atoms with Gasteiger partial charge in [-0.15, -0.1) is 21.5 Å².